The maximum Gasteiger partial charge on any atom is 0.307 e. The monoisotopic (exact) mass is 304 g/mol. The molecule has 6 nitrogen and oxygen atoms in total. The highest BCUT2D eigenvalue weighted by atomic mass is 32.1. The zero-order chi connectivity index (χ0) is 15.2. The minimum absolute atomic E-state index is 0.0417. The first-order chi connectivity index (χ1) is 10.0. The van der Waals surface area contributed by atoms with E-state index in [0.29, 0.717) is 11.3 Å². The number of aliphatic carboxylic acids is 1. The zero-order valence-corrected chi connectivity index (χ0v) is 11.6. The molecule has 0 fully saturated rings. The fourth-order valence-electron chi connectivity index (χ4n) is 1.62. The summed E-state index contributed by atoms with van der Waals surface area (Å²) in [6.45, 7) is 0. The molecule has 3 N–H and O–H groups in total. The van der Waals surface area contributed by atoms with E-state index >= 15 is 0 Å². The van der Waals surface area contributed by atoms with Gasteiger partial charge in [0.1, 0.15) is 0 Å². The first-order valence-electron chi connectivity index (χ1n) is 6.01. The molecule has 1 heterocycles. The molecule has 0 saturated heterocycles. The largest absolute Gasteiger partial charge is 0.481 e. The highest BCUT2D eigenvalue weighted by Crippen LogP contribution is 2.10. The molecular formula is C14H12N2O4S. The van der Waals surface area contributed by atoms with Crippen molar-refractivity contribution in [3.63, 3.8) is 0 Å². The number of rotatable bonds is 4. The molecule has 0 radical (unpaired) electrons. The van der Waals surface area contributed by atoms with E-state index in [1.165, 1.54) is 12.3 Å². The second kappa shape index (κ2) is 6.67. The molecule has 2 rings (SSSR count). The SMILES string of the molecule is O=C(O)Cc1ccc(NC(=S)NC(=O)c2ccco2)cc1. The standard InChI is InChI=1S/C14H12N2O4S/c17-12(18)8-9-3-5-10(6-4-9)15-14(21)16-13(19)11-2-1-7-20-11/h1-7H,8H2,(H,17,18)(H2,15,16,19,21). The van der Waals surface area contributed by atoms with Gasteiger partial charge in [0.2, 0.25) is 0 Å². The van der Waals surface area contributed by atoms with Crippen molar-refractivity contribution >= 4 is 34.9 Å². The van der Waals surface area contributed by atoms with Crippen LogP contribution in [0.3, 0.4) is 0 Å². The molecule has 1 aromatic carbocycles. The summed E-state index contributed by atoms with van der Waals surface area (Å²) in [5.41, 5.74) is 1.33. The molecule has 0 aliphatic rings. The van der Waals surface area contributed by atoms with Crippen LogP contribution in [0.2, 0.25) is 0 Å². The van der Waals surface area contributed by atoms with Gasteiger partial charge in [-0.25, -0.2) is 0 Å². The first kappa shape index (κ1) is 14.7. The van der Waals surface area contributed by atoms with E-state index in [2.05, 4.69) is 10.6 Å². The van der Waals surface area contributed by atoms with E-state index in [0.717, 1.165) is 0 Å². The minimum atomic E-state index is -0.892. The van der Waals surface area contributed by atoms with Crippen LogP contribution in [0.25, 0.3) is 0 Å². The Balaban J connectivity index is 1.90. The Bertz CT molecular complexity index is 650. The second-order valence-corrected chi connectivity index (χ2v) is 4.56. The van der Waals surface area contributed by atoms with Gasteiger partial charge in [-0.2, -0.15) is 0 Å². The number of carbonyl (C=O) groups excluding carboxylic acids is 1. The van der Waals surface area contributed by atoms with Crippen LogP contribution in [0.1, 0.15) is 16.1 Å². The number of hydrogen-bond acceptors (Lipinski definition) is 4. The van der Waals surface area contributed by atoms with Crippen LogP contribution in [0.4, 0.5) is 5.69 Å². The average molecular weight is 304 g/mol. The number of hydrogen-bond donors (Lipinski definition) is 3. The molecular weight excluding hydrogens is 292 g/mol. The molecule has 21 heavy (non-hydrogen) atoms. The number of benzene rings is 1. The Morgan fingerprint density at radius 2 is 1.90 bits per heavy atom. The van der Waals surface area contributed by atoms with Gasteiger partial charge in [0.15, 0.2) is 10.9 Å². The highest BCUT2D eigenvalue weighted by Gasteiger charge is 2.10. The number of thiocarbonyl (C=S) groups is 1. The summed E-state index contributed by atoms with van der Waals surface area (Å²) in [5, 5.41) is 14.1. The average Bonchev–Trinajstić information content (AvgIpc) is 2.94. The smallest absolute Gasteiger partial charge is 0.307 e. The van der Waals surface area contributed by atoms with Crippen LogP contribution in [0.5, 0.6) is 0 Å². The maximum absolute atomic E-state index is 11.7. The van der Waals surface area contributed by atoms with Crippen LogP contribution >= 0.6 is 12.2 Å². The Hall–Kier alpha value is -2.67. The third kappa shape index (κ3) is 4.43. The summed E-state index contributed by atoms with van der Waals surface area (Å²) < 4.78 is 4.94. The minimum Gasteiger partial charge on any atom is -0.481 e. The predicted octanol–water partition coefficient (Wildman–Crippen LogP) is 2.03. The van der Waals surface area contributed by atoms with Gasteiger partial charge in [0.25, 0.3) is 5.91 Å². The normalized spacial score (nSPS) is 9.90. The molecule has 2 aromatic rings. The highest BCUT2D eigenvalue weighted by molar-refractivity contribution is 7.80. The maximum atomic E-state index is 11.7. The van der Waals surface area contributed by atoms with Crippen molar-refractivity contribution in [1.29, 1.82) is 0 Å². The molecule has 0 unspecified atom stereocenters. The lowest BCUT2D eigenvalue weighted by Crippen LogP contribution is -2.33. The predicted molar refractivity (Wildman–Crippen MR) is 80.2 cm³/mol. The van der Waals surface area contributed by atoms with Crippen molar-refractivity contribution in [3.05, 3.63) is 54.0 Å². The van der Waals surface area contributed by atoms with Crippen LogP contribution in [0, 0.1) is 0 Å². The zero-order valence-electron chi connectivity index (χ0n) is 10.8. The van der Waals surface area contributed by atoms with Crippen molar-refractivity contribution in [1.82, 2.24) is 5.32 Å². The number of carboxylic acids is 1. The lowest BCUT2D eigenvalue weighted by atomic mass is 10.1. The van der Waals surface area contributed by atoms with Crippen molar-refractivity contribution in [2.75, 3.05) is 5.32 Å². The number of nitrogens with one attached hydrogen (secondary N) is 2. The molecule has 0 atom stereocenters. The van der Waals surface area contributed by atoms with Crippen molar-refractivity contribution in [3.8, 4) is 0 Å². The molecule has 108 valence electrons. The Kier molecular flexibility index (Phi) is 4.68. The molecule has 0 saturated carbocycles. The summed E-state index contributed by atoms with van der Waals surface area (Å²) in [4.78, 5) is 22.3. The summed E-state index contributed by atoms with van der Waals surface area (Å²) in [6.07, 6.45) is 1.35. The fourth-order valence-corrected chi connectivity index (χ4v) is 1.83. The molecule has 1 amide bonds. The number of amides is 1. The van der Waals surface area contributed by atoms with Gasteiger partial charge in [-0.3, -0.25) is 14.9 Å². The Morgan fingerprint density at radius 1 is 1.19 bits per heavy atom. The summed E-state index contributed by atoms with van der Waals surface area (Å²) in [7, 11) is 0. The molecule has 0 aliphatic heterocycles. The molecule has 7 heteroatoms. The van der Waals surface area contributed by atoms with E-state index in [4.69, 9.17) is 21.7 Å². The molecule has 0 aliphatic carbocycles. The summed E-state index contributed by atoms with van der Waals surface area (Å²) in [5.74, 6) is -1.17. The number of anilines is 1. The second-order valence-electron chi connectivity index (χ2n) is 4.15. The lowest BCUT2D eigenvalue weighted by molar-refractivity contribution is -0.136. The fraction of sp³-hybridized carbons (Fsp3) is 0.0714. The third-order valence-corrected chi connectivity index (χ3v) is 2.74. The number of furan rings is 1. The molecule has 0 bridgehead atoms. The van der Waals surface area contributed by atoms with Crippen LogP contribution in [-0.2, 0) is 11.2 Å². The quantitative estimate of drug-likeness (QED) is 0.749. The van der Waals surface area contributed by atoms with Crippen molar-refractivity contribution < 1.29 is 19.1 Å². The van der Waals surface area contributed by atoms with Gasteiger partial charge in [-0.15, -0.1) is 0 Å². The summed E-state index contributed by atoms with van der Waals surface area (Å²) >= 11 is 5.01. The van der Waals surface area contributed by atoms with Gasteiger partial charge < -0.3 is 14.8 Å². The Labute approximate surface area is 125 Å². The van der Waals surface area contributed by atoms with Gasteiger partial charge in [0.05, 0.1) is 12.7 Å². The third-order valence-electron chi connectivity index (χ3n) is 2.54. The summed E-state index contributed by atoms with van der Waals surface area (Å²) in [6, 6.07) is 9.85. The first-order valence-corrected chi connectivity index (χ1v) is 6.42. The Morgan fingerprint density at radius 3 is 2.48 bits per heavy atom. The van der Waals surface area contributed by atoms with E-state index in [1.54, 1.807) is 30.3 Å². The molecule has 0 spiro atoms. The van der Waals surface area contributed by atoms with E-state index in [9.17, 15) is 9.59 Å². The van der Waals surface area contributed by atoms with Crippen LogP contribution in [0.15, 0.2) is 47.1 Å². The van der Waals surface area contributed by atoms with Crippen LogP contribution < -0.4 is 10.6 Å². The van der Waals surface area contributed by atoms with Crippen molar-refractivity contribution in [2.24, 2.45) is 0 Å². The van der Waals surface area contributed by atoms with Crippen LogP contribution in [-0.4, -0.2) is 22.1 Å². The van der Waals surface area contributed by atoms with Gasteiger partial charge in [-0.05, 0) is 42.0 Å². The lowest BCUT2D eigenvalue weighted by Gasteiger charge is -2.09. The van der Waals surface area contributed by atoms with Gasteiger partial charge >= 0.3 is 5.97 Å². The van der Waals surface area contributed by atoms with Gasteiger partial charge in [-0.1, -0.05) is 12.1 Å². The van der Waals surface area contributed by atoms with Crippen molar-refractivity contribution in [2.45, 2.75) is 6.42 Å². The molecule has 1 aromatic heterocycles. The van der Waals surface area contributed by atoms with Gasteiger partial charge in [0, 0.05) is 5.69 Å². The van der Waals surface area contributed by atoms with E-state index < -0.39 is 11.9 Å². The number of carbonyl (C=O) groups is 2. The number of carboxylic acid groups (broad SMARTS) is 1. The van der Waals surface area contributed by atoms with E-state index in [1.807, 2.05) is 0 Å². The van der Waals surface area contributed by atoms with E-state index in [-0.39, 0.29) is 17.3 Å². The topological polar surface area (TPSA) is 91.6 Å².